The summed E-state index contributed by atoms with van der Waals surface area (Å²) in [6, 6.07) is 13.1. The molecule has 0 aliphatic carbocycles. The Hall–Kier alpha value is -3.03. The second kappa shape index (κ2) is 8.55. The molecule has 2 aromatic carbocycles. The molecule has 148 valence electrons. The lowest BCUT2D eigenvalue weighted by molar-refractivity contribution is -0.0172. The van der Waals surface area contributed by atoms with Crippen molar-refractivity contribution in [3.63, 3.8) is 0 Å². The van der Waals surface area contributed by atoms with Gasteiger partial charge in [0.2, 0.25) is 5.78 Å². The molecule has 0 atom stereocenters. The second-order valence-electron chi connectivity index (χ2n) is 6.52. The molecule has 5 nitrogen and oxygen atoms in total. The lowest BCUT2D eigenvalue weighted by atomic mass is 10.0. The zero-order chi connectivity index (χ0) is 20.2. The maximum absolute atomic E-state index is 13.8. The van der Waals surface area contributed by atoms with Crippen molar-refractivity contribution in [2.75, 3.05) is 13.3 Å². The molecular formula is C22H18FNO4S. The molecule has 0 radical (unpaired) electrons. The molecule has 7 heteroatoms. The first-order valence-corrected chi connectivity index (χ1v) is 9.98. The Morgan fingerprint density at radius 1 is 1.10 bits per heavy atom. The van der Waals surface area contributed by atoms with Crippen molar-refractivity contribution in [2.24, 2.45) is 0 Å². The average molecular weight is 411 g/mol. The van der Waals surface area contributed by atoms with Crippen molar-refractivity contribution >= 4 is 23.0 Å². The summed E-state index contributed by atoms with van der Waals surface area (Å²) in [6.45, 7) is 0.696. The van der Waals surface area contributed by atoms with Crippen LogP contribution in [0.15, 0.2) is 53.9 Å². The van der Waals surface area contributed by atoms with Crippen LogP contribution in [0.1, 0.15) is 36.7 Å². The van der Waals surface area contributed by atoms with Gasteiger partial charge >= 0.3 is 0 Å². The lowest BCUT2D eigenvalue weighted by Gasteiger charge is -2.21. The van der Waals surface area contributed by atoms with E-state index >= 15 is 0 Å². The fourth-order valence-corrected chi connectivity index (χ4v) is 3.95. The van der Waals surface area contributed by atoms with Crippen LogP contribution in [0.25, 0.3) is 0 Å². The number of ether oxygens (including phenoxy) is 2. The number of rotatable bonds is 6. The van der Waals surface area contributed by atoms with E-state index in [-0.39, 0.29) is 30.8 Å². The maximum atomic E-state index is 13.8. The number of amides is 1. The van der Waals surface area contributed by atoms with Crippen molar-refractivity contribution < 1.29 is 23.5 Å². The van der Waals surface area contributed by atoms with E-state index in [0.717, 1.165) is 0 Å². The molecular weight excluding hydrogens is 393 g/mol. The molecule has 0 unspecified atom stereocenters. The highest BCUT2D eigenvalue weighted by Gasteiger charge is 2.20. The van der Waals surface area contributed by atoms with E-state index in [2.05, 4.69) is 5.32 Å². The highest BCUT2D eigenvalue weighted by molar-refractivity contribution is 7.12. The molecule has 4 rings (SSSR count). The number of carbonyl (C=O) groups excluding carboxylic acids is 2. The molecule has 1 amide bonds. The predicted octanol–water partition coefficient (Wildman–Crippen LogP) is 3.96. The topological polar surface area (TPSA) is 64.6 Å². The minimum absolute atomic E-state index is 0.121. The SMILES string of the molecule is O=C(NCCc1cc(F)cc2c1OCOC2)c1ccccc1C(=O)c1cccs1. The summed E-state index contributed by atoms with van der Waals surface area (Å²) in [5, 5.41) is 4.64. The minimum Gasteiger partial charge on any atom is -0.467 e. The molecule has 0 fully saturated rings. The summed E-state index contributed by atoms with van der Waals surface area (Å²) in [6.07, 6.45) is 0.396. The molecule has 1 aromatic heterocycles. The first-order chi connectivity index (χ1) is 14.1. The number of ketones is 1. The van der Waals surface area contributed by atoms with Gasteiger partial charge in [-0.15, -0.1) is 11.3 Å². The molecule has 2 heterocycles. The Bertz CT molecular complexity index is 1050. The number of carbonyl (C=O) groups is 2. The van der Waals surface area contributed by atoms with Crippen LogP contribution in [0.4, 0.5) is 4.39 Å². The summed E-state index contributed by atoms with van der Waals surface area (Å²) < 4.78 is 24.5. The van der Waals surface area contributed by atoms with Gasteiger partial charge in [0.1, 0.15) is 11.6 Å². The van der Waals surface area contributed by atoms with Crippen molar-refractivity contribution in [1.29, 1.82) is 0 Å². The molecule has 0 saturated heterocycles. The maximum Gasteiger partial charge on any atom is 0.252 e. The monoisotopic (exact) mass is 411 g/mol. The van der Waals surface area contributed by atoms with Crippen LogP contribution in [0, 0.1) is 5.82 Å². The Labute approximate surface area is 171 Å². The molecule has 0 bridgehead atoms. The molecule has 1 aliphatic heterocycles. The Balaban J connectivity index is 1.47. The minimum atomic E-state index is -0.369. The van der Waals surface area contributed by atoms with Gasteiger partial charge in [0.25, 0.3) is 5.91 Å². The number of halogens is 1. The van der Waals surface area contributed by atoms with Crippen molar-refractivity contribution in [2.45, 2.75) is 13.0 Å². The molecule has 29 heavy (non-hydrogen) atoms. The van der Waals surface area contributed by atoms with Crippen LogP contribution in [-0.2, 0) is 17.8 Å². The molecule has 0 saturated carbocycles. The first-order valence-electron chi connectivity index (χ1n) is 9.11. The van der Waals surface area contributed by atoms with Gasteiger partial charge in [-0.25, -0.2) is 4.39 Å². The van der Waals surface area contributed by atoms with Gasteiger partial charge in [-0.2, -0.15) is 0 Å². The number of hydrogen-bond donors (Lipinski definition) is 1. The number of hydrogen-bond acceptors (Lipinski definition) is 5. The van der Waals surface area contributed by atoms with Crippen LogP contribution in [0.5, 0.6) is 5.75 Å². The largest absolute Gasteiger partial charge is 0.467 e. The summed E-state index contributed by atoms with van der Waals surface area (Å²) in [7, 11) is 0. The van der Waals surface area contributed by atoms with Crippen LogP contribution < -0.4 is 10.1 Å². The average Bonchev–Trinajstić information content (AvgIpc) is 3.28. The Kier molecular flexibility index (Phi) is 5.69. The standard InChI is InChI=1S/C22H18FNO4S/c23-16-10-14(21-15(11-16)12-27-13-28-21)7-8-24-22(26)18-5-2-1-4-17(18)20(25)19-6-3-9-29-19/h1-6,9-11H,7-8,12-13H2,(H,24,26). The fraction of sp³-hybridized carbons (Fsp3) is 0.182. The number of nitrogens with one attached hydrogen (secondary N) is 1. The van der Waals surface area contributed by atoms with Crippen molar-refractivity contribution in [3.8, 4) is 5.75 Å². The third-order valence-corrected chi connectivity index (χ3v) is 5.46. The summed E-state index contributed by atoms with van der Waals surface area (Å²) in [4.78, 5) is 26.0. The Morgan fingerprint density at radius 3 is 2.72 bits per heavy atom. The quantitative estimate of drug-likeness (QED) is 0.624. The second-order valence-corrected chi connectivity index (χ2v) is 7.47. The third kappa shape index (κ3) is 4.21. The Morgan fingerprint density at radius 2 is 1.93 bits per heavy atom. The smallest absolute Gasteiger partial charge is 0.252 e. The van der Waals surface area contributed by atoms with Gasteiger partial charge < -0.3 is 14.8 Å². The first kappa shape index (κ1) is 19.3. The molecule has 0 spiro atoms. The van der Waals surface area contributed by atoms with Gasteiger partial charge in [0, 0.05) is 17.7 Å². The van der Waals surface area contributed by atoms with E-state index in [1.807, 2.05) is 5.38 Å². The summed E-state index contributed by atoms with van der Waals surface area (Å²) in [5.41, 5.74) is 2.00. The van der Waals surface area contributed by atoms with Crippen molar-refractivity contribution in [3.05, 3.63) is 86.9 Å². The van der Waals surface area contributed by atoms with Gasteiger partial charge in [0.15, 0.2) is 6.79 Å². The van der Waals surface area contributed by atoms with E-state index in [1.165, 1.54) is 23.5 Å². The number of benzene rings is 2. The van der Waals surface area contributed by atoms with Crippen LogP contribution in [0.2, 0.25) is 0 Å². The molecule has 1 N–H and O–H groups in total. The normalized spacial score (nSPS) is 12.7. The predicted molar refractivity (Wildman–Crippen MR) is 107 cm³/mol. The van der Waals surface area contributed by atoms with E-state index in [9.17, 15) is 14.0 Å². The van der Waals surface area contributed by atoms with Crippen LogP contribution in [-0.4, -0.2) is 25.0 Å². The summed E-state index contributed by atoms with van der Waals surface area (Å²) >= 11 is 1.33. The van der Waals surface area contributed by atoms with Gasteiger partial charge in [-0.05, 0) is 41.6 Å². The zero-order valence-corrected chi connectivity index (χ0v) is 16.3. The fourth-order valence-electron chi connectivity index (χ4n) is 3.27. The van der Waals surface area contributed by atoms with E-state index < -0.39 is 0 Å². The number of fused-ring (bicyclic) bond motifs is 1. The van der Waals surface area contributed by atoms with Crippen molar-refractivity contribution in [1.82, 2.24) is 5.32 Å². The van der Waals surface area contributed by atoms with Crippen LogP contribution >= 0.6 is 11.3 Å². The third-order valence-electron chi connectivity index (χ3n) is 4.59. The highest BCUT2D eigenvalue weighted by atomic mass is 32.1. The van der Waals surface area contributed by atoms with Gasteiger partial charge in [-0.3, -0.25) is 9.59 Å². The van der Waals surface area contributed by atoms with Crippen LogP contribution in [0.3, 0.4) is 0 Å². The van der Waals surface area contributed by atoms with Gasteiger partial charge in [-0.1, -0.05) is 24.3 Å². The summed E-state index contributed by atoms with van der Waals surface area (Å²) in [5.74, 6) is -0.287. The molecule has 1 aliphatic rings. The van der Waals surface area contributed by atoms with E-state index in [4.69, 9.17) is 9.47 Å². The van der Waals surface area contributed by atoms with Gasteiger partial charge in [0.05, 0.1) is 17.0 Å². The van der Waals surface area contributed by atoms with E-state index in [0.29, 0.717) is 45.9 Å². The van der Waals surface area contributed by atoms with E-state index in [1.54, 1.807) is 36.4 Å². The highest BCUT2D eigenvalue weighted by Crippen LogP contribution is 2.29. The zero-order valence-electron chi connectivity index (χ0n) is 15.4. The molecule has 3 aromatic rings. The number of thiophene rings is 1. The lowest BCUT2D eigenvalue weighted by Crippen LogP contribution is -2.27.